The molecule has 5 heteroatoms. The van der Waals surface area contributed by atoms with Crippen LogP contribution >= 0.6 is 0 Å². The third-order valence-electron chi connectivity index (χ3n) is 4.32. The molecule has 1 rings (SSSR count). The van der Waals surface area contributed by atoms with Gasteiger partial charge in [0.2, 0.25) is 0 Å². The summed E-state index contributed by atoms with van der Waals surface area (Å²) in [6, 6.07) is 0. The molecule has 1 aliphatic heterocycles. The van der Waals surface area contributed by atoms with Crippen LogP contribution in [0.25, 0.3) is 0 Å². The van der Waals surface area contributed by atoms with Gasteiger partial charge in [-0.3, -0.25) is 0 Å². The van der Waals surface area contributed by atoms with Crippen LogP contribution in [0.3, 0.4) is 0 Å². The number of hydrogen-bond acceptors (Lipinski definition) is 4. The molecule has 0 aliphatic carbocycles. The first-order valence-electron chi connectivity index (χ1n) is 8.64. The molecule has 0 radical (unpaired) electrons. The molecule has 0 saturated carbocycles. The molecule has 1 N–H and O–H groups in total. The summed E-state index contributed by atoms with van der Waals surface area (Å²) in [5.41, 5.74) is -1.39. The number of carbonyl (C=O) groups is 1. The molecule has 0 bridgehead atoms. The number of carbonyl (C=O) groups excluding carboxylic acids is 1. The summed E-state index contributed by atoms with van der Waals surface area (Å²) >= 11 is 0. The summed E-state index contributed by atoms with van der Waals surface area (Å²) in [6.07, 6.45) is 2.22. The molecule has 1 fully saturated rings. The molecule has 1 saturated heterocycles. The van der Waals surface area contributed by atoms with E-state index < -0.39 is 11.2 Å². The molecule has 5 nitrogen and oxygen atoms in total. The number of amides is 1. The average Bonchev–Trinajstić information content (AvgIpc) is 2.35. The van der Waals surface area contributed by atoms with Gasteiger partial charge in [-0.2, -0.15) is 0 Å². The SMILES string of the molecule is CC(C)(O)CCOC(C)(C)C1CCN(C(=O)OC(C)(C)C)CC1. The van der Waals surface area contributed by atoms with Gasteiger partial charge in [-0.15, -0.1) is 0 Å². The second kappa shape index (κ2) is 7.39. The zero-order valence-corrected chi connectivity index (χ0v) is 15.9. The van der Waals surface area contributed by atoms with E-state index in [9.17, 15) is 9.90 Å². The fourth-order valence-corrected chi connectivity index (χ4v) is 2.77. The van der Waals surface area contributed by atoms with E-state index in [-0.39, 0.29) is 11.7 Å². The van der Waals surface area contributed by atoms with Gasteiger partial charge < -0.3 is 19.5 Å². The Hall–Kier alpha value is -0.810. The summed E-state index contributed by atoms with van der Waals surface area (Å²) in [5.74, 6) is 0.406. The molecule has 136 valence electrons. The predicted molar refractivity (Wildman–Crippen MR) is 91.5 cm³/mol. The Bertz CT molecular complexity index is 385. The Morgan fingerprint density at radius 1 is 1.09 bits per heavy atom. The van der Waals surface area contributed by atoms with Crippen LogP contribution in [0.4, 0.5) is 4.79 Å². The van der Waals surface area contributed by atoms with E-state index in [4.69, 9.17) is 9.47 Å². The van der Waals surface area contributed by atoms with Crippen LogP contribution in [-0.4, -0.2) is 52.6 Å². The van der Waals surface area contributed by atoms with Gasteiger partial charge in [0.1, 0.15) is 5.60 Å². The van der Waals surface area contributed by atoms with Gasteiger partial charge in [0.25, 0.3) is 0 Å². The summed E-state index contributed by atoms with van der Waals surface area (Å²) < 4.78 is 11.5. The molecule has 1 aliphatic rings. The van der Waals surface area contributed by atoms with Gasteiger partial charge in [-0.1, -0.05) is 0 Å². The largest absolute Gasteiger partial charge is 0.444 e. The summed E-state index contributed by atoms with van der Waals surface area (Å²) in [5, 5.41) is 9.78. The molecule has 0 aromatic heterocycles. The van der Waals surface area contributed by atoms with Crippen molar-refractivity contribution in [1.82, 2.24) is 4.90 Å². The average molecular weight is 329 g/mol. The number of rotatable bonds is 5. The molecule has 0 spiro atoms. The maximum Gasteiger partial charge on any atom is 0.410 e. The number of aliphatic hydroxyl groups is 1. The fourth-order valence-electron chi connectivity index (χ4n) is 2.77. The molecule has 1 amide bonds. The van der Waals surface area contributed by atoms with Gasteiger partial charge in [0.05, 0.1) is 17.8 Å². The summed E-state index contributed by atoms with van der Waals surface area (Å²) in [7, 11) is 0. The second-order valence-electron chi connectivity index (χ2n) is 8.76. The second-order valence-corrected chi connectivity index (χ2v) is 8.76. The van der Waals surface area contributed by atoms with Crippen molar-refractivity contribution >= 4 is 6.09 Å². The molecule has 0 atom stereocenters. The minimum Gasteiger partial charge on any atom is -0.444 e. The van der Waals surface area contributed by atoms with Crippen molar-refractivity contribution in [3.05, 3.63) is 0 Å². The normalized spacial score (nSPS) is 18.2. The number of piperidine rings is 1. The first-order valence-corrected chi connectivity index (χ1v) is 8.64. The zero-order chi connectivity index (χ0) is 17.9. The quantitative estimate of drug-likeness (QED) is 0.837. The van der Waals surface area contributed by atoms with Crippen LogP contribution in [0.5, 0.6) is 0 Å². The highest BCUT2D eigenvalue weighted by molar-refractivity contribution is 5.68. The number of hydrogen-bond donors (Lipinski definition) is 1. The van der Waals surface area contributed by atoms with Crippen molar-refractivity contribution in [1.29, 1.82) is 0 Å². The van der Waals surface area contributed by atoms with Crippen LogP contribution < -0.4 is 0 Å². The van der Waals surface area contributed by atoms with Crippen LogP contribution in [-0.2, 0) is 9.47 Å². The fraction of sp³-hybridized carbons (Fsp3) is 0.944. The van der Waals surface area contributed by atoms with E-state index in [0.717, 1.165) is 12.8 Å². The Labute approximate surface area is 141 Å². The van der Waals surface area contributed by atoms with E-state index in [1.165, 1.54) is 0 Å². The van der Waals surface area contributed by atoms with Crippen LogP contribution in [0.2, 0.25) is 0 Å². The Morgan fingerprint density at radius 3 is 2.04 bits per heavy atom. The highest BCUT2D eigenvalue weighted by Gasteiger charge is 2.35. The predicted octanol–water partition coefficient (Wildman–Crippen LogP) is 3.59. The summed E-state index contributed by atoms with van der Waals surface area (Å²) in [4.78, 5) is 13.9. The number of likely N-dealkylation sites (tertiary alicyclic amines) is 1. The lowest BCUT2D eigenvalue weighted by atomic mass is 9.83. The standard InChI is InChI=1S/C18H35NO4/c1-16(2,3)23-15(20)19-11-8-14(9-12-19)18(6,7)22-13-10-17(4,5)21/h14,21H,8-13H2,1-7H3. The lowest BCUT2D eigenvalue weighted by Crippen LogP contribution is -2.47. The van der Waals surface area contributed by atoms with Gasteiger partial charge >= 0.3 is 6.09 Å². The highest BCUT2D eigenvalue weighted by Crippen LogP contribution is 2.32. The lowest BCUT2D eigenvalue weighted by molar-refractivity contribution is -0.0911. The molecular weight excluding hydrogens is 294 g/mol. The van der Waals surface area contributed by atoms with Crippen molar-refractivity contribution in [3.8, 4) is 0 Å². The lowest BCUT2D eigenvalue weighted by Gasteiger charge is -2.41. The third kappa shape index (κ3) is 7.53. The van der Waals surface area contributed by atoms with E-state index in [0.29, 0.717) is 32.0 Å². The van der Waals surface area contributed by atoms with Gasteiger partial charge in [-0.05, 0) is 73.6 Å². The first-order chi connectivity index (χ1) is 10.3. The van der Waals surface area contributed by atoms with Crippen molar-refractivity contribution in [2.75, 3.05) is 19.7 Å². The van der Waals surface area contributed by atoms with E-state index in [2.05, 4.69) is 13.8 Å². The van der Waals surface area contributed by atoms with Crippen LogP contribution in [0, 0.1) is 5.92 Å². The third-order valence-corrected chi connectivity index (χ3v) is 4.32. The molecule has 1 heterocycles. The maximum atomic E-state index is 12.1. The smallest absolute Gasteiger partial charge is 0.410 e. The van der Waals surface area contributed by atoms with E-state index in [1.807, 2.05) is 20.8 Å². The molecule has 0 unspecified atom stereocenters. The van der Waals surface area contributed by atoms with Gasteiger partial charge in [0, 0.05) is 13.1 Å². The maximum absolute atomic E-state index is 12.1. The van der Waals surface area contributed by atoms with Crippen molar-refractivity contribution in [3.63, 3.8) is 0 Å². The van der Waals surface area contributed by atoms with Crippen molar-refractivity contribution < 1.29 is 19.4 Å². The van der Waals surface area contributed by atoms with E-state index >= 15 is 0 Å². The zero-order valence-electron chi connectivity index (χ0n) is 15.9. The monoisotopic (exact) mass is 329 g/mol. The van der Waals surface area contributed by atoms with Crippen molar-refractivity contribution in [2.45, 2.75) is 84.5 Å². The minimum atomic E-state index is -0.698. The van der Waals surface area contributed by atoms with Crippen LogP contribution in [0.15, 0.2) is 0 Å². The minimum absolute atomic E-state index is 0.225. The van der Waals surface area contributed by atoms with Crippen LogP contribution in [0.1, 0.15) is 67.7 Å². The Kier molecular flexibility index (Phi) is 6.50. The molecule has 23 heavy (non-hydrogen) atoms. The van der Waals surface area contributed by atoms with E-state index in [1.54, 1.807) is 18.7 Å². The topological polar surface area (TPSA) is 59.0 Å². The van der Waals surface area contributed by atoms with Gasteiger partial charge in [0.15, 0.2) is 0 Å². The molecular formula is C18H35NO4. The van der Waals surface area contributed by atoms with Gasteiger partial charge in [-0.25, -0.2) is 4.79 Å². The number of ether oxygens (including phenoxy) is 2. The Morgan fingerprint density at radius 2 is 1.61 bits per heavy atom. The summed E-state index contributed by atoms with van der Waals surface area (Å²) in [6.45, 7) is 15.4. The first kappa shape index (κ1) is 20.2. The Balaban J connectivity index is 2.43. The highest BCUT2D eigenvalue weighted by atomic mass is 16.6. The number of nitrogens with zero attached hydrogens (tertiary/aromatic N) is 1. The van der Waals surface area contributed by atoms with Crippen molar-refractivity contribution in [2.24, 2.45) is 5.92 Å². The molecule has 0 aromatic rings. The molecule has 0 aromatic carbocycles.